The molecule has 0 fully saturated rings. The summed E-state index contributed by atoms with van der Waals surface area (Å²) in [5, 5.41) is 44.8. The summed E-state index contributed by atoms with van der Waals surface area (Å²) in [7, 11) is 0. The van der Waals surface area contributed by atoms with Crippen molar-refractivity contribution in [3.05, 3.63) is 115 Å². The van der Waals surface area contributed by atoms with Gasteiger partial charge in [-0.3, -0.25) is 0 Å². The number of phenols is 4. The summed E-state index contributed by atoms with van der Waals surface area (Å²) in [5.41, 5.74) is 10.7. The lowest BCUT2D eigenvalue weighted by molar-refractivity contribution is 0.436. The van der Waals surface area contributed by atoms with E-state index in [1.54, 1.807) is 0 Å². The zero-order chi connectivity index (χ0) is 30.2. The van der Waals surface area contributed by atoms with Gasteiger partial charge in [-0.05, 0) is 90.5 Å². The number of rotatable bonds is 8. The van der Waals surface area contributed by atoms with Crippen LogP contribution in [-0.2, 0) is 0 Å². The highest BCUT2D eigenvalue weighted by Gasteiger charge is 2.27. The lowest BCUT2D eigenvalue weighted by atomic mass is 9.79. The minimum absolute atomic E-state index is 0.228. The minimum atomic E-state index is -0.228. The Morgan fingerprint density at radius 3 is 0.829 bits per heavy atom. The molecule has 4 aromatic carbocycles. The Labute approximate surface area is 245 Å². The molecule has 4 nitrogen and oxygen atoms in total. The van der Waals surface area contributed by atoms with Crippen LogP contribution in [0.3, 0.4) is 0 Å². The molecular weight excluding hydrogens is 508 g/mol. The maximum absolute atomic E-state index is 11.2. The standard InChI is InChI=1S/C37H44O4/c1-20-12-24(5)34(38)30(16-20)28(31-17-21(2)13-25(6)35(31)39)10-9-11-29(32-18-22(3)14-26(7)36(32)40)33-19-23(4)15-27(8)37(33)41/h12-19,28-29,38-41H,9-11H2,1-8H3. The van der Waals surface area contributed by atoms with Gasteiger partial charge in [-0.2, -0.15) is 0 Å². The van der Waals surface area contributed by atoms with Gasteiger partial charge < -0.3 is 20.4 Å². The molecule has 0 heterocycles. The van der Waals surface area contributed by atoms with E-state index in [0.717, 1.165) is 73.2 Å². The van der Waals surface area contributed by atoms with Crippen LogP contribution >= 0.6 is 0 Å². The molecule has 4 heteroatoms. The Morgan fingerprint density at radius 1 is 0.390 bits per heavy atom. The monoisotopic (exact) mass is 552 g/mol. The van der Waals surface area contributed by atoms with Crippen molar-refractivity contribution < 1.29 is 20.4 Å². The third-order valence-electron chi connectivity index (χ3n) is 8.38. The Morgan fingerprint density at radius 2 is 0.610 bits per heavy atom. The largest absolute Gasteiger partial charge is 0.507 e. The van der Waals surface area contributed by atoms with Crippen LogP contribution in [0.5, 0.6) is 23.0 Å². The zero-order valence-electron chi connectivity index (χ0n) is 25.7. The van der Waals surface area contributed by atoms with Gasteiger partial charge in [0, 0.05) is 34.1 Å². The first-order valence-corrected chi connectivity index (χ1v) is 14.5. The van der Waals surface area contributed by atoms with Gasteiger partial charge in [0.25, 0.3) is 0 Å². The summed E-state index contributed by atoms with van der Waals surface area (Å²) in [6.45, 7) is 15.7. The molecule has 0 aliphatic rings. The Hall–Kier alpha value is -3.92. The molecule has 0 aliphatic heterocycles. The van der Waals surface area contributed by atoms with E-state index >= 15 is 0 Å². The van der Waals surface area contributed by atoms with Gasteiger partial charge in [0.1, 0.15) is 23.0 Å². The number of benzene rings is 4. The van der Waals surface area contributed by atoms with E-state index in [9.17, 15) is 20.4 Å². The maximum atomic E-state index is 11.2. The lowest BCUT2D eigenvalue weighted by Gasteiger charge is -2.26. The number of aromatic hydroxyl groups is 4. The smallest absolute Gasteiger partial charge is 0.122 e. The maximum Gasteiger partial charge on any atom is 0.122 e. The van der Waals surface area contributed by atoms with Crippen LogP contribution in [0, 0.1) is 55.4 Å². The second-order valence-electron chi connectivity index (χ2n) is 12.1. The minimum Gasteiger partial charge on any atom is -0.507 e. The topological polar surface area (TPSA) is 80.9 Å². The average Bonchev–Trinajstić information content (AvgIpc) is 2.89. The molecule has 0 aromatic heterocycles. The van der Waals surface area contributed by atoms with E-state index in [1.165, 1.54) is 0 Å². The molecule has 0 aliphatic carbocycles. The third kappa shape index (κ3) is 6.22. The van der Waals surface area contributed by atoms with E-state index in [1.807, 2.05) is 104 Å². The first-order valence-electron chi connectivity index (χ1n) is 14.5. The fourth-order valence-corrected chi connectivity index (χ4v) is 6.52. The number of hydrogen-bond donors (Lipinski definition) is 4. The van der Waals surface area contributed by atoms with Gasteiger partial charge in [0.2, 0.25) is 0 Å². The van der Waals surface area contributed by atoms with E-state index in [2.05, 4.69) is 0 Å². The van der Waals surface area contributed by atoms with Gasteiger partial charge >= 0.3 is 0 Å². The lowest BCUT2D eigenvalue weighted by Crippen LogP contribution is -2.08. The zero-order valence-corrected chi connectivity index (χ0v) is 25.7. The van der Waals surface area contributed by atoms with Gasteiger partial charge in [0.15, 0.2) is 0 Å². The molecule has 4 aromatic rings. The normalized spacial score (nSPS) is 11.6. The van der Waals surface area contributed by atoms with Crippen molar-refractivity contribution in [3.8, 4) is 23.0 Å². The Kier molecular flexibility index (Phi) is 8.72. The van der Waals surface area contributed by atoms with Crippen LogP contribution in [0.4, 0.5) is 0 Å². The van der Waals surface area contributed by atoms with Crippen molar-refractivity contribution in [1.82, 2.24) is 0 Å². The van der Waals surface area contributed by atoms with Crippen molar-refractivity contribution in [3.63, 3.8) is 0 Å². The number of aryl methyl sites for hydroxylation is 8. The van der Waals surface area contributed by atoms with Crippen molar-refractivity contribution in [2.24, 2.45) is 0 Å². The van der Waals surface area contributed by atoms with Crippen molar-refractivity contribution >= 4 is 0 Å². The highest BCUT2D eigenvalue weighted by molar-refractivity contribution is 5.55. The molecular formula is C37H44O4. The highest BCUT2D eigenvalue weighted by Crippen LogP contribution is 2.46. The fourth-order valence-electron chi connectivity index (χ4n) is 6.52. The van der Waals surface area contributed by atoms with Crippen LogP contribution in [0.15, 0.2) is 48.5 Å². The SMILES string of the molecule is Cc1cc(C)c(O)c(C(CCCC(c2cc(C)cc(C)c2O)c2cc(C)cc(C)c2O)c2cc(C)cc(C)c2O)c1. The summed E-state index contributed by atoms with van der Waals surface area (Å²) in [6.07, 6.45) is 2.06. The third-order valence-corrected chi connectivity index (χ3v) is 8.38. The van der Waals surface area contributed by atoms with E-state index < -0.39 is 0 Å². The molecule has 0 saturated heterocycles. The molecule has 0 bridgehead atoms. The van der Waals surface area contributed by atoms with E-state index in [0.29, 0.717) is 12.8 Å². The quantitative estimate of drug-likeness (QED) is 0.176. The summed E-state index contributed by atoms with van der Waals surface area (Å²) in [5.74, 6) is 0.579. The predicted molar refractivity (Wildman–Crippen MR) is 168 cm³/mol. The van der Waals surface area contributed by atoms with Crippen LogP contribution in [0.2, 0.25) is 0 Å². The highest BCUT2D eigenvalue weighted by atomic mass is 16.3. The number of phenolic OH excluding ortho intramolecular Hbond substituents is 4. The number of hydrogen-bond acceptors (Lipinski definition) is 4. The van der Waals surface area contributed by atoms with Crippen LogP contribution in [-0.4, -0.2) is 20.4 Å². The first kappa shape index (κ1) is 30.0. The summed E-state index contributed by atoms with van der Waals surface area (Å²) < 4.78 is 0. The molecule has 41 heavy (non-hydrogen) atoms. The van der Waals surface area contributed by atoms with E-state index in [-0.39, 0.29) is 34.8 Å². The van der Waals surface area contributed by atoms with Gasteiger partial charge in [-0.15, -0.1) is 0 Å². The molecule has 0 unspecified atom stereocenters. The van der Waals surface area contributed by atoms with Crippen molar-refractivity contribution in [2.75, 3.05) is 0 Å². The van der Waals surface area contributed by atoms with Crippen molar-refractivity contribution in [1.29, 1.82) is 0 Å². The molecule has 4 N–H and O–H groups in total. The molecule has 216 valence electrons. The van der Waals surface area contributed by atoms with Crippen molar-refractivity contribution in [2.45, 2.75) is 86.5 Å². The van der Waals surface area contributed by atoms with Crippen LogP contribution in [0.1, 0.15) is 97.9 Å². The first-order chi connectivity index (χ1) is 19.3. The molecule has 0 amide bonds. The van der Waals surface area contributed by atoms with E-state index in [4.69, 9.17) is 0 Å². The van der Waals surface area contributed by atoms with Gasteiger partial charge in [-0.1, -0.05) is 77.2 Å². The molecule has 4 rings (SSSR count). The second-order valence-corrected chi connectivity index (χ2v) is 12.1. The average molecular weight is 553 g/mol. The van der Waals surface area contributed by atoms with Gasteiger partial charge in [0.05, 0.1) is 0 Å². The van der Waals surface area contributed by atoms with Crippen LogP contribution in [0.25, 0.3) is 0 Å². The molecule has 0 atom stereocenters. The van der Waals surface area contributed by atoms with Crippen LogP contribution < -0.4 is 0 Å². The molecule has 0 radical (unpaired) electrons. The summed E-state index contributed by atoms with van der Waals surface area (Å²) >= 11 is 0. The Balaban J connectivity index is 1.80. The summed E-state index contributed by atoms with van der Waals surface area (Å²) in [6, 6.07) is 16.0. The summed E-state index contributed by atoms with van der Waals surface area (Å²) in [4.78, 5) is 0. The second kappa shape index (κ2) is 11.9. The predicted octanol–water partition coefficient (Wildman–Crippen LogP) is 9.11. The Bertz CT molecular complexity index is 1360. The fraction of sp³-hybridized carbons (Fsp3) is 0.351. The van der Waals surface area contributed by atoms with Gasteiger partial charge in [-0.25, -0.2) is 0 Å². The molecule has 0 saturated carbocycles. The molecule has 0 spiro atoms.